The van der Waals surface area contributed by atoms with Crippen LogP contribution in [0.3, 0.4) is 0 Å². The Kier molecular flexibility index (Phi) is 2.92. The molecule has 1 aromatic carbocycles. The van der Waals surface area contributed by atoms with Crippen LogP contribution in [0.4, 0.5) is 0 Å². The molecule has 3 heteroatoms. The maximum absolute atomic E-state index is 5.31. The second kappa shape index (κ2) is 4.58. The van der Waals surface area contributed by atoms with E-state index in [1.807, 2.05) is 6.07 Å². The minimum atomic E-state index is 0.428. The molecule has 0 saturated carbocycles. The van der Waals surface area contributed by atoms with Crippen LogP contribution in [0.2, 0.25) is 0 Å². The molecule has 3 nitrogen and oxygen atoms in total. The summed E-state index contributed by atoms with van der Waals surface area (Å²) in [4.78, 5) is 0. The highest BCUT2D eigenvalue weighted by atomic mass is 16.6. The van der Waals surface area contributed by atoms with Gasteiger partial charge in [0.25, 0.3) is 0 Å². The van der Waals surface area contributed by atoms with Gasteiger partial charge in [0.2, 0.25) is 0 Å². The molecule has 0 bridgehead atoms. The molecule has 3 rings (SSSR count). The summed E-state index contributed by atoms with van der Waals surface area (Å²) in [5, 5.41) is 4.65. The van der Waals surface area contributed by atoms with Crippen molar-refractivity contribution in [3.05, 3.63) is 52.8 Å². The van der Waals surface area contributed by atoms with Crippen LogP contribution in [0, 0.1) is 13.8 Å². The number of nitrogens with zero attached hydrogens (tertiary/aromatic N) is 2. The molecule has 2 aromatic rings. The number of hydrogen-bond acceptors (Lipinski definition) is 2. The van der Waals surface area contributed by atoms with E-state index in [2.05, 4.69) is 47.9 Å². The molecule has 1 aliphatic heterocycles. The first kappa shape index (κ1) is 11.5. The predicted octanol–water partition coefficient (Wildman–Crippen LogP) is 2.49. The van der Waals surface area contributed by atoms with Crippen molar-refractivity contribution >= 4 is 0 Å². The SMILES string of the molecule is Cc1nn(Cc2ccccc2)c(C)c1CC1CO1. The van der Waals surface area contributed by atoms with E-state index >= 15 is 0 Å². The van der Waals surface area contributed by atoms with Crippen LogP contribution >= 0.6 is 0 Å². The standard InChI is InChI=1S/C15H18N2O/c1-11-15(8-14-10-18-14)12(2)17(16-11)9-13-6-4-3-5-7-13/h3-7,14H,8-10H2,1-2H3. The summed E-state index contributed by atoms with van der Waals surface area (Å²) in [5.41, 5.74) is 5.05. The Hall–Kier alpha value is -1.61. The Morgan fingerprint density at radius 1 is 1.28 bits per heavy atom. The van der Waals surface area contributed by atoms with Gasteiger partial charge < -0.3 is 4.74 Å². The normalized spacial score (nSPS) is 18.0. The van der Waals surface area contributed by atoms with Gasteiger partial charge >= 0.3 is 0 Å². The summed E-state index contributed by atoms with van der Waals surface area (Å²) in [5.74, 6) is 0. The number of hydrogen-bond donors (Lipinski definition) is 0. The number of aromatic nitrogens is 2. The Bertz CT molecular complexity index is 541. The second-order valence-corrected chi connectivity index (χ2v) is 4.95. The molecule has 18 heavy (non-hydrogen) atoms. The first-order valence-corrected chi connectivity index (χ1v) is 6.42. The summed E-state index contributed by atoms with van der Waals surface area (Å²) in [6.45, 7) is 5.99. The van der Waals surface area contributed by atoms with Gasteiger partial charge in [-0.1, -0.05) is 30.3 Å². The van der Waals surface area contributed by atoms with Gasteiger partial charge in [-0.15, -0.1) is 0 Å². The summed E-state index contributed by atoms with van der Waals surface area (Å²) in [6, 6.07) is 10.5. The highest BCUT2D eigenvalue weighted by Gasteiger charge is 2.25. The van der Waals surface area contributed by atoms with Gasteiger partial charge in [0, 0.05) is 12.1 Å². The molecule has 0 aliphatic carbocycles. The predicted molar refractivity (Wildman–Crippen MR) is 70.7 cm³/mol. The fourth-order valence-corrected chi connectivity index (χ4v) is 2.35. The molecule has 1 fully saturated rings. The number of epoxide rings is 1. The molecule has 1 unspecified atom stereocenters. The van der Waals surface area contributed by atoms with E-state index in [-0.39, 0.29) is 0 Å². The average molecular weight is 242 g/mol. The molecule has 2 heterocycles. The van der Waals surface area contributed by atoms with E-state index in [0.29, 0.717) is 6.10 Å². The molecule has 1 saturated heterocycles. The molecule has 1 atom stereocenters. The number of rotatable bonds is 4. The van der Waals surface area contributed by atoms with Crippen LogP contribution in [-0.2, 0) is 17.7 Å². The van der Waals surface area contributed by atoms with E-state index < -0.39 is 0 Å². The Balaban J connectivity index is 1.84. The van der Waals surface area contributed by atoms with Gasteiger partial charge in [0.1, 0.15) is 0 Å². The molecule has 1 aromatic heterocycles. The lowest BCUT2D eigenvalue weighted by atomic mass is 10.1. The van der Waals surface area contributed by atoms with Gasteiger partial charge in [-0.3, -0.25) is 4.68 Å². The number of aryl methyl sites for hydroxylation is 1. The molecule has 0 spiro atoms. The summed E-state index contributed by atoms with van der Waals surface area (Å²) >= 11 is 0. The van der Waals surface area contributed by atoms with Gasteiger partial charge in [0.15, 0.2) is 0 Å². The van der Waals surface area contributed by atoms with Gasteiger partial charge in [-0.05, 0) is 25.0 Å². The second-order valence-electron chi connectivity index (χ2n) is 4.95. The van der Waals surface area contributed by atoms with Gasteiger partial charge in [-0.25, -0.2) is 0 Å². The molecular weight excluding hydrogens is 224 g/mol. The zero-order chi connectivity index (χ0) is 12.5. The lowest BCUT2D eigenvalue weighted by Crippen LogP contribution is -2.04. The molecule has 94 valence electrons. The Morgan fingerprint density at radius 2 is 2.00 bits per heavy atom. The van der Waals surface area contributed by atoms with E-state index in [0.717, 1.165) is 25.3 Å². The van der Waals surface area contributed by atoms with Crippen molar-refractivity contribution in [3.63, 3.8) is 0 Å². The average Bonchev–Trinajstić information content (AvgIpc) is 3.15. The monoisotopic (exact) mass is 242 g/mol. The Morgan fingerprint density at radius 3 is 2.67 bits per heavy atom. The lowest BCUT2D eigenvalue weighted by molar-refractivity contribution is 0.407. The van der Waals surface area contributed by atoms with Crippen molar-refractivity contribution in [3.8, 4) is 0 Å². The molecule has 0 radical (unpaired) electrons. The zero-order valence-electron chi connectivity index (χ0n) is 10.9. The molecule has 0 N–H and O–H groups in total. The third-order valence-corrected chi connectivity index (χ3v) is 3.54. The number of benzene rings is 1. The zero-order valence-corrected chi connectivity index (χ0v) is 10.9. The molecular formula is C15H18N2O. The minimum absolute atomic E-state index is 0.428. The minimum Gasteiger partial charge on any atom is -0.373 e. The van der Waals surface area contributed by atoms with Gasteiger partial charge in [0.05, 0.1) is 24.9 Å². The quantitative estimate of drug-likeness (QED) is 0.771. The van der Waals surface area contributed by atoms with Crippen LogP contribution in [0.25, 0.3) is 0 Å². The van der Waals surface area contributed by atoms with E-state index in [1.54, 1.807) is 0 Å². The van der Waals surface area contributed by atoms with Crippen molar-refractivity contribution < 1.29 is 4.74 Å². The van der Waals surface area contributed by atoms with E-state index in [9.17, 15) is 0 Å². The first-order valence-electron chi connectivity index (χ1n) is 6.42. The van der Waals surface area contributed by atoms with Crippen molar-refractivity contribution in [2.75, 3.05) is 6.61 Å². The highest BCUT2D eigenvalue weighted by Crippen LogP contribution is 2.22. The first-order chi connectivity index (χ1) is 8.74. The largest absolute Gasteiger partial charge is 0.373 e. The third kappa shape index (κ3) is 2.31. The van der Waals surface area contributed by atoms with Crippen LogP contribution in [0.5, 0.6) is 0 Å². The van der Waals surface area contributed by atoms with Crippen LogP contribution in [0.1, 0.15) is 22.5 Å². The third-order valence-electron chi connectivity index (χ3n) is 3.54. The van der Waals surface area contributed by atoms with Gasteiger partial charge in [-0.2, -0.15) is 5.10 Å². The summed E-state index contributed by atoms with van der Waals surface area (Å²) in [7, 11) is 0. The maximum atomic E-state index is 5.31. The summed E-state index contributed by atoms with van der Waals surface area (Å²) in [6.07, 6.45) is 1.43. The van der Waals surface area contributed by atoms with Crippen LogP contribution < -0.4 is 0 Å². The van der Waals surface area contributed by atoms with Crippen molar-refractivity contribution in [2.24, 2.45) is 0 Å². The number of ether oxygens (including phenoxy) is 1. The van der Waals surface area contributed by atoms with Crippen LogP contribution in [0.15, 0.2) is 30.3 Å². The van der Waals surface area contributed by atoms with Crippen molar-refractivity contribution in [1.82, 2.24) is 9.78 Å². The molecule has 0 amide bonds. The topological polar surface area (TPSA) is 30.4 Å². The van der Waals surface area contributed by atoms with Crippen molar-refractivity contribution in [2.45, 2.75) is 32.9 Å². The summed E-state index contributed by atoms with van der Waals surface area (Å²) < 4.78 is 7.41. The van der Waals surface area contributed by atoms with E-state index in [4.69, 9.17) is 4.74 Å². The maximum Gasteiger partial charge on any atom is 0.0851 e. The smallest absolute Gasteiger partial charge is 0.0851 e. The van der Waals surface area contributed by atoms with Crippen molar-refractivity contribution in [1.29, 1.82) is 0 Å². The fraction of sp³-hybridized carbons (Fsp3) is 0.400. The van der Waals surface area contributed by atoms with Crippen LogP contribution in [-0.4, -0.2) is 22.5 Å². The lowest BCUT2D eigenvalue weighted by Gasteiger charge is -2.05. The Labute approximate surface area is 107 Å². The van der Waals surface area contributed by atoms with E-state index in [1.165, 1.54) is 16.8 Å². The fourth-order valence-electron chi connectivity index (χ4n) is 2.35. The highest BCUT2D eigenvalue weighted by molar-refractivity contribution is 5.27. The molecule has 1 aliphatic rings.